The van der Waals surface area contributed by atoms with Crippen LogP contribution < -0.4 is 5.32 Å². The third-order valence-electron chi connectivity index (χ3n) is 4.01. The van der Waals surface area contributed by atoms with E-state index in [1.54, 1.807) is 10.9 Å². The molecule has 1 unspecified atom stereocenters. The molecule has 2 aromatic heterocycles. The maximum Gasteiger partial charge on any atom is 0.225 e. The summed E-state index contributed by atoms with van der Waals surface area (Å²) in [6.45, 7) is 3.99. The van der Waals surface area contributed by atoms with E-state index in [0.29, 0.717) is 12.1 Å². The largest absolute Gasteiger partial charge is 0.325 e. The first kappa shape index (κ1) is 15.2. The van der Waals surface area contributed by atoms with Crippen LogP contribution in [-0.2, 0) is 11.8 Å². The number of amides is 1. The summed E-state index contributed by atoms with van der Waals surface area (Å²) in [6.07, 6.45) is 2.11. The minimum Gasteiger partial charge on any atom is -0.325 e. The Kier molecular flexibility index (Phi) is 4.10. The monoisotopic (exact) mass is 308 g/mol. The number of anilines is 1. The van der Waals surface area contributed by atoms with E-state index in [0.717, 1.165) is 16.7 Å². The van der Waals surface area contributed by atoms with Crippen LogP contribution in [0.15, 0.2) is 42.6 Å². The number of hydrogen-bond donors (Lipinski definition) is 1. The van der Waals surface area contributed by atoms with Crippen molar-refractivity contribution < 1.29 is 4.79 Å². The predicted octanol–water partition coefficient (Wildman–Crippen LogP) is 3.41. The minimum absolute atomic E-state index is 0.0101. The number of benzene rings is 1. The smallest absolute Gasteiger partial charge is 0.225 e. The summed E-state index contributed by atoms with van der Waals surface area (Å²) in [5, 5.41) is 8.23. The normalized spacial score (nSPS) is 12.3. The van der Waals surface area contributed by atoms with Crippen molar-refractivity contribution in [1.82, 2.24) is 14.8 Å². The molecule has 0 spiro atoms. The fourth-order valence-corrected chi connectivity index (χ4v) is 2.77. The van der Waals surface area contributed by atoms with Crippen molar-refractivity contribution in [3.05, 3.63) is 53.9 Å². The summed E-state index contributed by atoms with van der Waals surface area (Å²) >= 11 is 0. The number of hydrogen-bond acceptors (Lipinski definition) is 3. The highest BCUT2D eigenvalue weighted by atomic mass is 16.1. The second-order valence-electron chi connectivity index (χ2n) is 5.87. The molecule has 0 aliphatic rings. The zero-order valence-electron chi connectivity index (χ0n) is 13.6. The highest BCUT2D eigenvalue weighted by Crippen LogP contribution is 2.22. The van der Waals surface area contributed by atoms with E-state index in [2.05, 4.69) is 22.3 Å². The van der Waals surface area contributed by atoms with Gasteiger partial charge in [-0.15, -0.1) is 0 Å². The summed E-state index contributed by atoms with van der Waals surface area (Å²) in [5.74, 6) is 0.164. The first-order valence-electron chi connectivity index (χ1n) is 7.68. The topological polar surface area (TPSA) is 59.8 Å². The molecule has 118 valence electrons. The Morgan fingerprint density at radius 2 is 2.04 bits per heavy atom. The van der Waals surface area contributed by atoms with Crippen molar-refractivity contribution in [2.75, 3.05) is 5.32 Å². The SMILES string of the molecule is Cc1nn(C)c2ncc(NC(=O)CC(C)c3ccccc3)cc12. The zero-order valence-corrected chi connectivity index (χ0v) is 13.6. The number of aromatic nitrogens is 3. The van der Waals surface area contributed by atoms with Crippen LogP contribution in [-0.4, -0.2) is 20.7 Å². The Labute approximate surface area is 135 Å². The van der Waals surface area contributed by atoms with Crippen molar-refractivity contribution in [3.8, 4) is 0 Å². The fraction of sp³-hybridized carbons (Fsp3) is 0.278. The van der Waals surface area contributed by atoms with Gasteiger partial charge in [0, 0.05) is 18.9 Å². The number of nitrogens with zero attached hydrogens (tertiary/aromatic N) is 3. The Morgan fingerprint density at radius 3 is 2.78 bits per heavy atom. The van der Waals surface area contributed by atoms with Crippen molar-refractivity contribution in [1.29, 1.82) is 0 Å². The Balaban J connectivity index is 1.71. The summed E-state index contributed by atoms with van der Waals surface area (Å²) in [7, 11) is 1.86. The molecule has 2 heterocycles. The lowest BCUT2D eigenvalue weighted by molar-refractivity contribution is -0.116. The van der Waals surface area contributed by atoms with Gasteiger partial charge < -0.3 is 5.32 Å². The number of pyridine rings is 1. The first-order chi connectivity index (χ1) is 11.0. The Hall–Kier alpha value is -2.69. The third-order valence-corrected chi connectivity index (χ3v) is 4.01. The van der Waals surface area contributed by atoms with Crippen molar-refractivity contribution in [2.45, 2.75) is 26.2 Å². The molecular weight excluding hydrogens is 288 g/mol. The highest BCUT2D eigenvalue weighted by Gasteiger charge is 2.13. The Bertz CT molecular complexity index is 839. The van der Waals surface area contributed by atoms with Crippen LogP contribution in [0.25, 0.3) is 11.0 Å². The van der Waals surface area contributed by atoms with Crippen LogP contribution >= 0.6 is 0 Å². The van der Waals surface area contributed by atoms with E-state index in [1.807, 2.05) is 50.4 Å². The summed E-state index contributed by atoms with van der Waals surface area (Å²) < 4.78 is 1.74. The van der Waals surface area contributed by atoms with Gasteiger partial charge in [0.2, 0.25) is 5.91 Å². The standard InChI is InChI=1S/C18H20N4O/c1-12(14-7-5-4-6-8-14)9-17(23)20-15-10-16-13(2)21-22(3)18(16)19-11-15/h4-8,10-12H,9H2,1-3H3,(H,20,23). The third kappa shape index (κ3) is 3.23. The van der Waals surface area contributed by atoms with Gasteiger partial charge in [-0.05, 0) is 24.5 Å². The maximum atomic E-state index is 12.3. The second kappa shape index (κ2) is 6.20. The van der Waals surface area contributed by atoms with Gasteiger partial charge in [-0.2, -0.15) is 5.10 Å². The quantitative estimate of drug-likeness (QED) is 0.803. The summed E-state index contributed by atoms with van der Waals surface area (Å²) in [5.41, 5.74) is 3.60. The van der Waals surface area contributed by atoms with Gasteiger partial charge in [-0.3, -0.25) is 9.48 Å². The van der Waals surface area contributed by atoms with Crippen LogP contribution in [0.3, 0.4) is 0 Å². The average molecular weight is 308 g/mol. The van der Waals surface area contributed by atoms with Crippen LogP contribution in [0.1, 0.15) is 30.5 Å². The number of carbonyl (C=O) groups excluding carboxylic acids is 1. The molecule has 1 aromatic carbocycles. The molecule has 0 aliphatic carbocycles. The molecule has 0 saturated carbocycles. The van der Waals surface area contributed by atoms with Crippen molar-refractivity contribution >= 4 is 22.6 Å². The van der Waals surface area contributed by atoms with Gasteiger partial charge in [0.1, 0.15) is 0 Å². The number of rotatable bonds is 4. The maximum absolute atomic E-state index is 12.3. The molecule has 23 heavy (non-hydrogen) atoms. The van der Waals surface area contributed by atoms with Crippen molar-refractivity contribution in [2.24, 2.45) is 7.05 Å². The van der Waals surface area contributed by atoms with Crippen LogP contribution in [0.4, 0.5) is 5.69 Å². The molecule has 5 nitrogen and oxygen atoms in total. The predicted molar refractivity (Wildman–Crippen MR) is 91.3 cm³/mol. The number of aryl methyl sites for hydroxylation is 2. The van der Waals surface area contributed by atoms with E-state index in [-0.39, 0.29) is 11.8 Å². The molecule has 0 fully saturated rings. The van der Waals surface area contributed by atoms with E-state index < -0.39 is 0 Å². The lowest BCUT2D eigenvalue weighted by Gasteiger charge is -2.12. The molecular formula is C18H20N4O. The zero-order chi connectivity index (χ0) is 16.4. The van der Waals surface area contributed by atoms with Gasteiger partial charge in [-0.1, -0.05) is 37.3 Å². The van der Waals surface area contributed by atoms with E-state index in [1.165, 1.54) is 5.56 Å². The van der Waals surface area contributed by atoms with E-state index >= 15 is 0 Å². The van der Waals surface area contributed by atoms with Gasteiger partial charge in [-0.25, -0.2) is 4.98 Å². The summed E-state index contributed by atoms with van der Waals surface area (Å²) in [4.78, 5) is 16.6. The van der Waals surface area contributed by atoms with E-state index in [9.17, 15) is 4.79 Å². The minimum atomic E-state index is -0.0101. The van der Waals surface area contributed by atoms with Crippen LogP contribution in [0, 0.1) is 6.92 Å². The van der Waals surface area contributed by atoms with Crippen LogP contribution in [0.5, 0.6) is 0 Å². The molecule has 5 heteroatoms. The van der Waals surface area contributed by atoms with Crippen molar-refractivity contribution in [3.63, 3.8) is 0 Å². The molecule has 0 saturated heterocycles. The first-order valence-corrected chi connectivity index (χ1v) is 7.68. The van der Waals surface area contributed by atoms with Gasteiger partial charge in [0.15, 0.2) is 5.65 Å². The molecule has 1 amide bonds. The molecule has 3 aromatic rings. The lowest BCUT2D eigenvalue weighted by Crippen LogP contribution is -2.14. The molecule has 1 N–H and O–H groups in total. The number of nitrogens with one attached hydrogen (secondary N) is 1. The van der Waals surface area contributed by atoms with Gasteiger partial charge in [0.25, 0.3) is 0 Å². The molecule has 0 radical (unpaired) electrons. The lowest BCUT2D eigenvalue weighted by atomic mass is 9.97. The van der Waals surface area contributed by atoms with E-state index in [4.69, 9.17) is 0 Å². The molecule has 3 rings (SSSR count). The summed E-state index contributed by atoms with van der Waals surface area (Å²) in [6, 6.07) is 12.0. The number of carbonyl (C=O) groups is 1. The molecule has 1 atom stereocenters. The Morgan fingerprint density at radius 1 is 1.30 bits per heavy atom. The van der Waals surface area contributed by atoms with Gasteiger partial charge in [0.05, 0.1) is 17.6 Å². The average Bonchev–Trinajstić information content (AvgIpc) is 2.82. The number of fused-ring (bicyclic) bond motifs is 1. The molecule has 0 aliphatic heterocycles. The molecule has 0 bridgehead atoms. The second-order valence-corrected chi connectivity index (χ2v) is 5.87. The fourth-order valence-electron chi connectivity index (χ4n) is 2.77. The van der Waals surface area contributed by atoms with Gasteiger partial charge >= 0.3 is 0 Å². The highest BCUT2D eigenvalue weighted by molar-refractivity contribution is 5.93. The van der Waals surface area contributed by atoms with Crippen LogP contribution in [0.2, 0.25) is 0 Å².